The number of fused-ring (bicyclic) bond motifs is 1. The lowest BCUT2D eigenvalue weighted by Crippen LogP contribution is -2.19. The quantitative estimate of drug-likeness (QED) is 0.588. The van der Waals surface area contributed by atoms with Crippen molar-refractivity contribution in [1.82, 2.24) is 19.9 Å². The molecule has 1 atom stereocenters. The molecule has 1 aliphatic rings. The molecule has 1 aromatic carbocycles. The minimum atomic E-state index is -4.38. The second-order valence-electron chi connectivity index (χ2n) is 7.74. The molecule has 0 fully saturated rings. The van der Waals surface area contributed by atoms with Crippen molar-refractivity contribution in [2.24, 2.45) is 13.0 Å². The number of alkyl halides is 3. The van der Waals surface area contributed by atoms with E-state index in [9.17, 15) is 18.0 Å². The van der Waals surface area contributed by atoms with E-state index in [1.165, 1.54) is 25.4 Å². The van der Waals surface area contributed by atoms with Crippen molar-refractivity contribution in [2.45, 2.75) is 19.5 Å². The summed E-state index contributed by atoms with van der Waals surface area (Å²) in [6.45, 7) is 2.02. The number of hydrogen-bond acceptors (Lipinski definition) is 5. The number of anilines is 2. The SMILES string of the molecule is CNC(=O)c1cc(OC2=Cc3nc(Nc4ccc(C(F)(F)F)cc4)n(C)c3CC2C)ccn1. The molecule has 2 heterocycles. The first-order valence-corrected chi connectivity index (χ1v) is 10.2. The predicted octanol–water partition coefficient (Wildman–Crippen LogP) is 4.55. The molecule has 0 aliphatic heterocycles. The van der Waals surface area contributed by atoms with Crippen LogP contribution in [0.15, 0.2) is 48.4 Å². The Kier molecular flexibility index (Phi) is 5.84. The van der Waals surface area contributed by atoms with Gasteiger partial charge in [-0.1, -0.05) is 6.92 Å². The lowest BCUT2D eigenvalue weighted by molar-refractivity contribution is -0.137. The van der Waals surface area contributed by atoms with Gasteiger partial charge in [0.05, 0.1) is 11.3 Å². The van der Waals surface area contributed by atoms with Gasteiger partial charge < -0.3 is 19.9 Å². The van der Waals surface area contributed by atoms with Crippen molar-refractivity contribution in [3.8, 4) is 5.75 Å². The maximum atomic E-state index is 12.8. The Morgan fingerprint density at radius 1 is 1.21 bits per heavy atom. The molecular formula is C23H22F3N5O2. The fourth-order valence-electron chi connectivity index (χ4n) is 3.55. The highest BCUT2D eigenvalue weighted by atomic mass is 19.4. The molecule has 2 N–H and O–H groups in total. The summed E-state index contributed by atoms with van der Waals surface area (Å²) in [5.41, 5.74) is 1.73. The number of allylic oxidation sites excluding steroid dienone is 1. The molecule has 1 unspecified atom stereocenters. The Morgan fingerprint density at radius 2 is 1.94 bits per heavy atom. The largest absolute Gasteiger partial charge is 0.461 e. The zero-order valence-corrected chi connectivity index (χ0v) is 18.2. The molecule has 0 spiro atoms. The summed E-state index contributed by atoms with van der Waals surface area (Å²) >= 11 is 0. The van der Waals surface area contributed by atoms with Crippen molar-refractivity contribution < 1.29 is 22.7 Å². The summed E-state index contributed by atoms with van der Waals surface area (Å²) in [7, 11) is 3.38. The van der Waals surface area contributed by atoms with Crippen LogP contribution in [0.2, 0.25) is 0 Å². The number of halogens is 3. The number of rotatable bonds is 5. The smallest absolute Gasteiger partial charge is 0.416 e. The summed E-state index contributed by atoms with van der Waals surface area (Å²) < 4.78 is 46.3. The second-order valence-corrected chi connectivity index (χ2v) is 7.74. The number of imidazole rings is 1. The van der Waals surface area contributed by atoms with Gasteiger partial charge in [-0.3, -0.25) is 9.78 Å². The van der Waals surface area contributed by atoms with E-state index in [2.05, 4.69) is 20.6 Å². The van der Waals surface area contributed by atoms with E-state index in [0.29, 0.717) is 35.3 Å². The topological polar surface area (TPSA) is 81.1 Å². The lowest BCUT2D eigenvalue weighted by Gasteiger charge is -2.21. The monoisotopic (exact) mass is 457 g/mol. The third-order valence-corrected chi connectivity index (χ3v) is 5.40. The number of hydrogen-bond donors (Lipinski definition) is 2. The molecule has 0 radical (unpaired) electrons. The fraction of sp³-hybridized carbons (Fsp3) is 0.261. The van der Waals surface area contributed by atoms with Crippen LogP contribution in [0, 0.1) is 5.92 Å². The van der Waals surface area contributed by atoms with Gasteiger partial charge in [-0.15, -0.1) is 0 Å². The first-order chi connectivity index (χ1) is 15.7. The predicted molar refractivity (Wildman–Crippen MR) is 117 cm³/mol. The van der Waals surface area contributed by atoms with E-state index in [1.807, 2.05) is 24.6 Å². The average molecular weight is 457 g/mol. The Hall–Kier alpha value is -3.82. The molecule has 33 heavy (non-hydrogen) atoms. The summed E-state index contributed by atoms with van der Waals surface area (Å²) in [4.78, 5) is 20.5. The number of benzene rings is 1. The first kappa shape index (κ1) is 22.4. The molecule has 1 amide bonds. The van der Waals surface area contributed by atoms with E-state index >= 15 is 0 Å². The van der Waals surface area contributed by atoms with Crippen LogP contribution < -0.4 is 15.4 Å². The third kappa shape index (κ3) is 4.69. The maximum Gasteiger partial charge on any atom is 0.416 e. The number of pyridine rings is 1. The van der Waals surface area contributed by atoms with E-state index in [0.717, 1.165) is 17.8 Å². The highest BCUT2D eigenvalue weighted by Gasteiger charge is 2.30. The summed E-state index contributed by atoms with van der Waals surface area (Å²) in [5.74, 6) is 1.43. The lowest BCUT2D eigenvalue weighted by atomic mass is 9.96. The van der Waals surface area contributed by atoms with E-state index in [4.69, 9.17) is 4.74 Å². The Labute approximate surface area is 188 Å². The second kappa shape index (κ2) is 8.61. The zero-order valence-electron chi connectivity index (χ0n) is 18.2. The molecule has 172 valence electrons. The highest BCUT2D eigenvalue weighted by Crippen LogP contribution is 2.33. The molecule has 1 aliphatic carbocycles. The van der Waals surface area contributed by atoms with Crippen molar-refractivity contribution >= 4 is 23.6 Å². The van der Waals surface area contributed by atoms with Gasteiger partial charge in [0.1, 0.15) is 17.2 Å². The van der Waals surface area contributed by atoms with Crippen LogP contribution in [0.25, 0.3) is 6.08 Å². The zero-order chi connectivity index (χ0) is 23.8. The van der Waals surface area contributed by atoms with Gasteiger partial charge in [0.15, 0.2) is 0 Å². The van der Waals surface area contributed by atoms with Crippen LogP contribution in [0.4, 0.5) is 24.8 Å². The van der Waals surface area contributed by atoms with E-state index < -0.39 is 11.7 Å². The standard InChI is InChI=1S/C23H22F3N5O2/c1-13-10-19-17(12-20(13)33-16-8-9-28-18(11-16)21(32)27-2)30-22(31(19)3)29-15-6-4-14(5-7-15)23(24,25)26/h4-9,11-13H,10H2,1-3H3,(H,27,32)(H,29,30). The molecule has 0 bridgehead atoms. The van der Waals surface area contributed by atoms with Crippen LogP contribution in [0.3, 0.4) is 0 Å². The highest BCUT2D eigenvalue weighted by molar-refractivity contribution is 5.92. The average Bonchev–Trinajstić information content (AvgIpc) is 3.07. The Balaban J connectivity index is 1.56. The van der Waals surface area contributed by atoms with E-state index in [-0.39, 0.29) is 17.5 Å². The van der Waals surface area contributed by atoms with Crippen LogP contribution in [-0.4, -0.2) is 27.5 Å². The van der Waals surface area contributed by atoms with Crippen molar-refractivity contribution in [2.75, 3.05) is 12.4 Å². The van der Waals surface area contributed by atoms with Crippen molar-refractivity contribution in [3.05, 3.63) is 71.0 Å². The molecule has 0 saturated heterocycles. The number of amides is 1. The molecule has 4 rings (SSSR count). The van der Waals surface area contributed by atoms with Crippen LogP contribution in [0.1, 0.15) is 34.4 Å². The number of carbonyl (C=O) groups is 1. The molecule has 2 aromatic heterocycles. The summed E-state index contributed by atoms with van der Waals surface area (Å²) in [5, 5.41) is 5.60. The number of aromatic nitrogens is 3. The van der Waals surface area contributed by atoms with Gasteiger partial charge in [-0.25, -0.2) is 4.98 Å². The summed E-state index contributed by atoms with van der Waals surface area (Å²) in [6.07, 6.45) is -0.380. The van der Waals surface area contributed by atoms with Gasteiger partial charge in [-0.2, -0.15) is 13.2 Å². The van der Waals surface area contributed by atoms with Crippen LogP contribution >= 0.6 is 0 Å². The number of nitrogens with one attached hydrogen (secondary N) is 2. The molecule has 7 nitrogen and oxygen atoms in total. The maximum absolute atomic E-state index is 12.8. The first-order valence-electron chi connectivity index (χ1n) is 10.2. The molecule has 0 saturated carbocycles. The third-order valence-electron chi connectivity index (χ3n) is 5.40. The van der Waals surface area contributed by atoms with Crippen molar-refractivity contribution in [3.63, 3.8) is 0 Å². The van der Waals surface area contributed by atoms with Gasteiger partial charge in [0.25, 0.3) is 5.91 Å². The molecule has 3 aromatic rings. The Bertz CT molecular complexity index is 1220. The molecular weight excluding hydrogens is 435 g/mol. The van der Waals surface area contributed by atoms with Gasteiger partial charge in [0.2, 0.25) is 5.95 Å². The van der Waals surface area contributed by atoms with Gasteiger partial charge in [0, 0.05) is 49.7 Å². The van der Waals surface area contributed by atoms with Gasteiger partial charge >= 0.3 is 6.18 Å². The summed E-state index contributed by atoms with van der Waals surface area (Å²) in [6, 6.07) is 8.04. The normalized spacial score (nSPS) is 15.5. The number of nitrogens with zero attached hydrogens (tertiary/aromatic N) is 3. The number of ether oxygens (including phenoxy) is 1. The van der Waals surface area contributed by atoms with Crippen molar-refractivity contribution in [1.29, 1.82) is 0 Å². The minimum absolute atomic E-state index is 0.0448. The Morgan fingerprint density at radius 3 is 2.61 bits per heavy atom. The van der Waals surface area contributed by atoms with Crippen LogP contribution in [0.5, 0.6) is 5.75 Å². The van der Waals surface area contributed by atoms with Gasteiger partial charge in [-0.05, 0) is 36.8 Å². The minimum Gasteiger partial charge on any atom is -0.461 e. The molecule has 10 heteroatoms. The van der Waals surface area contributed by atoms with E-state index in [1.54, 1.807) is 12.1 Å². The fourth-order valence-corrected chi connectivity index (χ4v) is 3.55. The van der Waals surface area contributed by atoms with Crippen LogP contribution in [-0.2, 0) is 19.6 Å². The number of carbonyl (C=O) groups excluding carboxylic acids is 1.